The molecule has 5 rings (SSSR count). The van der Waals surface area contributed by atoms with Crippen molar-refractivity contribution in [2.24, 2.45) is 0 Å². The second kappa shape index (κ2) is 8.82. The highest BCUT2D eigenvalue weighted by molar-refractivity contribution is 6.46. The second-order valence-electron chi connectivity index (χ2n) is 8.96. The number of Topliss-reactive ketones (excluding diaryl/α,β-unsaturated/α-hetero) is 1. The molecule has 0 radical (unpaired) electrons. The first-order valence-electron chi connectivity index (χ1n) is 11.7. The van der Waals surface area contributed by atoms with Crippen LogP contribution in [0.4, 0.5) is 0 Å². The molecule has 2 heterocycles. The Hall–Kier alpha value is -3.86. The molecule has 1 saturated heterocycles. The van der Waals surface area contributed by atoms with Crippen molar-refractivity contribution in [2.75, 3.05) is 0 Å². The van der Waals surface area contributed by atoms with Gasteiger partial charge >= 0.3 is 0 Å². The summed E-state index contributed by atoms with van der Waals surface area (Å²) in [5, 5.41) is 11.4. The molecule has 1 N–H and O–H groups in total. The van der Waals surface area contributed by atoms with Crippen molar-refractivity contribution >= 4 is 17.4 Å². The van der Waals surface area contributed by atoms with Crippen LogP contribution in [0.15, 0.2) is 78.4 Å². The lowest BCUT2D eigenvalue weighted by Crippen LogP contribution is -2.29. The normalized spacial score (nSPS) is 20.9. The SMILES string of the molecule is CCc1ccc([C@@H]2C(=C(O)c3ccc4c(c3)C[C@@H](C)O4)C(=O)C(=O)N2Cc2ccccc2)cc1. The Labute approximate surface area is 199 Å². The number of rotatable bonds is 5. The van der Waals surface area contributed by atoms with Gasteiger partial charge in [-0.3, -0.25) is 9.59 Å². The van der Waals surface area contributed by atoms with Gasteiger partial charge in [0, 0.05) is 18.5 Å². The Balaban J connectivity index is 1.62. The van der Waals surface area contributed by atoms with Gasteiger partial charge in [0.25, 0.3) is 11.7 Å². The minimum absolute atomic E-state index is 0.0703. The number of aryl methyl sites for hydroxylation is 1. The maximum Gasteiger partial charge on any atom is 0.295 e. The predicted octanol–water partition coefficient (Wildman–Crippen LogP) is 5.19. The molecule has 3 aromatic rings. The van der Waals surface area contributed by atoms with Gasteiger partial charge in [-0.05, 0) is 53.8 Å². The highest BCUT2D eigenvalue weighted by atomic mass is 16.5. The van der Waals surface area contributed by atoms with Crippen LogP contribution in [0.3, 0.4) is 0 Å². The largest absolute Gasteiger partial charge is 0.507 e. The van der Waals surface area contributed by atoms with Gasteiger partial charge in [-0.15, -0.1) is 0 Å². The van der Waals surface area contributed by atoms with E-state index in [1.165, 1.54) is 0 Å². The molecule has 5 nitrogen and oxygen atoms in total. The number of hydrogen-bond acceptors (Lipinski definition) is 4. The van der Waals surface area contributed by atoms with E-state index in [9.17, 15) is 14.7 Å². The fourth-order valence-corrected chi connectivity index (χ4v) is 4.83. The fourth-order valence-electron chi connectivity index (χ4n) is 4.83. The highest BCUT2D eigenvalue weighted by Crippen LogP contribution is 2.41. The molecule has 2 aliphatic rings. The molecule has 0 unspecified atom stereocenters. The summed E-state index contributed by atoms with van der Waals surface area (Å²) < 4.78 is 5.77. The summed E-state index contributed by atoms with van der Waals surface area (Å²) in [6, 6.07) is 22.2. The Kier molecular flexibility index (Phi) is 5.70. The molecular formula is C29H27NO4. The van der Waals surface area contributed by atoms with Crippen LogP contribution in [-0.4, -0.2) is 27.8 Å². The van der Waals surface area contributed by atoms with Crippen molar-refractivity contribution in [1.82, 2.24) is 4.90 Å². The third-order valence-electron chi connectivity index (χ3n) is 6.61. The number of aliphatic hydroxyl groups is 1. The lowest BCUT2D eigenvalue weighted by atomic mass is 9.93. The van der Waals surface area contributed by atoms with Gasteiger partial charge in [-0.2, -0.15) is 0 Å². The quantitative estimate of drug-likeness (QED) is 0.328. The zero-order valence-corrected chi connectivity index (χ0v) is 19.3. The molecule has 0 aliphatic carbocycles. The van der Waals surface area contributed by atoms with Crippen LogP contribution in [0.1, 0.15) is 47.7 Å². The number of fused-ring (bicyclic) bond motifs is 1. The lowest BCUT2D eigenvalue weighted by Gasteiger charge is -2.25. The average Bonchev–Trinajstić information content (AvgIpc) is 3.35. The van der Waals surface area contributed by atoms with E-state index in [-0.39, 0.29) is 24.0 Å². The average molecular weight is 454 g/mol. The predicted molar refractivity (Wildman–Crippen MR) is 130 cm³/mol. The van der Waals surface area contributed by atoms with Gasteiger partial charge in [-0.25, -0.2) is 0 Å². The molecule has 2 aliphatic heterocycles. The molecule has 1 fully saturated rings. The molecular weight excluding hydrogens is 426 g/mol. The van der Waals surface area contributed by atoms with E-state index in [2.05, 4.69) is 6.92 Å². The number of ketones is 1. The van der Waals surface area contributed by atoms with Crippen LogP contribution < -0.4 is 4.74 Å². The third-order valence-corrected chi connectivity index (χ3v) is 6.61. The molecule has 0 saturated carbocycles. The number of likely N-dealkylation sites (tertiary alicyclic amines) is 1. The fraction of sp³-hybridized carbons (Fsp3) is 0.241. The third kappa shape index (κ3) is 3.87. The lowest BCUT2D eigenvalue weighted by molar-refractivity contribution is -0.140. The van der Waals surface area contributed by atoms with Crippen LogP contribution in [-0.2, 0) is 29.0 Å². The first kappa shape index (κ1) is 22.0. The van der Waals surface area contributed by atoms with Gasteiger partial charge in [-0.1, -0.05) is 61.5 Å². The van der Waals surface area contributed by atoms with Crippen LogP contribution in [0.2, 0.25) is 0 Å². The molecule has 0 bridgehead atoms. The van der Waals surface area contributed by atoms with Crippen molar-refractivity contribution in [3.63, 3.8) is 0 Å². The van der Waals surface area contributed by atoms with Crippen LogP contribution in [0.5, 0.6) is 5.75 Å². The van der Waals surface area contributed by atoms with Crippen LogP contribution in [0.25, 0.3) is 5.76 Å². The highest BCUT2D eigenvalue weighted by Gasteiger charge is 2.46. The Morgan fingerprint density at radius 2 is 1.74 bits per heavy atom. The zero-order chi connectivity index (χ0) is 23.8. The van der Waals surface area contributed by atoms with Gasteiger partial charge in [0.2, 0.25) is 0 Å². The molecule has 0 spiro atoms. The number of aliphatic hydroxyl groups excluding tert-OH is 1. The zero-order valence-electron chi connectivity index (χ0n) is 19.3. The summed E-state index contributed by atoms with van der Waals surface area (Å²) in [6.07, 6.45) is 1.70. The van der Waals surface area contributed by atoms with E-state index in [1.807, 2.05) is 73.7 Å². The molecule has 5 heteroatoms. The number of nitrogens with zero attached hydrogens (tertiary/aromatic N) is 1. The smallest absolute Gasteiger partial charge is 0.295 e. The van der Waals surface area contributed by atoms with Crippen molar-refractivity contribution in [2.45, 2.75) is 45.4 Å². The number of benzene rings is 3. The monoisotopic (exact) mass is 453 g/mol. The summed E-state index contributed by atoms with van der Waals surface area (Å²) in [5.41, 5.74) is 4.51. The summed E-state index contributed by atoms with van der Waals surface area (Å²) >= 11 is 0. The van der Waals surface area contributed by atoms with Crippen molar-refractivity contribution in [3.05, 3.63) is 106 Å². The number of carbonyl (C=O) groups excluding carboxylic acids is 2. The van der Waals surface area contributed by atoms with Gasteiger partial charge in [0.1, 0.15) is 17.6 Å². The summed E-state index contributed by atoms with van der Waals surface area (Å²) in [7, 11) is 0. The maximum atomic E-state index is 13.3. The van der Waals surface area contributed by atoms with E-state index in [0.717, 1.165) is 40.8 Å². The minimum atomic E-state index is -0.672. The van der Waals surface area contributed by atoms with Crippen molar-refractivity contribution < 1.29 is 19.4 Å². The Morgan fingerprint density at radius 3 is 2.44 bits per heavy atom. The summed E-state index contributed by atoms with van der Waals surface area (Å²) in [4.78, 5) is 28.0. The minimum Gasteiger partial charge on any atom is -0.507 e. The summed E-state index contributed by atoms with van der Waals surface area (Å²) in [5.74, 6) is -0.627. The van der Waals surface area contributed by atoms with E-state index >= 15 is 0 Å². The number of amides is 1. The Bertz CT molecular complexity index is 1280. The van der Waals surface area contributed by atoms with Crippen molar-refractivity contribution in [1.29, 1.82) is 0 Å². The molecule has 172 valence electrons. The van der Waals surface area contributed by atoms with Crippen LogP contribution in [0, 0.1) is 0 Å². The van der Waals surface area contributed by atoms with Gasteiger partial charge in [0.15, 0.2) is 0 Å². The molecule has 0 aromatic heterocycles. The van der Waals surface area contributed by atoms with Gasteiger partial charge < -0.3 is 14.7 Å². The molecule has 34 heavy (non-hydrogen) atoms. The van der Waals surface area contributed by atoms with E-state index < -0.39 is 17.7 Å². The first-order valence-corrected chi connectivity index (χ1v) is 11.7. The number of carbonyl (C=O) groups is 2. The summed E-state index contributed by atoms with van der Waals surface area (Å²) in [6.45, 7) is 4.35. The number of ether oxygens (including phenoxy) is 1. The standard InChI is InChI=1S/C29H27NO4/c1-3-19-9-11-21(12-10-19)26-25(27(31)22-13-14-24-23(16-22)15-18(2)34-24)28(32)29(33)30(26)17-20-7-5-4-6-8-20/h4-14,16,18,26,31H,3,15,17H2,1-2H3/t18-,26-/m1/s1. The van der Waals surface area contributed by atoms with E-state index in [0.29, 0.717) is 5.56 Å². The van der Waals surface area contributed by atoms with Crippen molar-refractivity contribution in [3.8, 4) is 5.75 Å². The van der Waals surface area contributed by atoms with Crippen LogP contribution >= 0.6 is 0 Å². The second-order valence-corrected chi connectivity index (χ2v) is 8.96. The van der Waals surface area contributed by atoms with E-state index in [4.69, 9.17) is 4.74 Å². The van der Waals surface area contributed by atoms with E-state index in [1.54, 1.807) is 11.0 Å². The molecule has 2 atom stereocenters. The number of hydrogen-bond donors (Lipinski definition) is 1. The molecule has 3 aromatic carbocycles. The first-order chi connectivity index (χ1) is 16.5. The Morgan fingerprint density at radius 1 is 1.00 bits per heavy atom. The molecule has 1 amide bonds. The topological polar surface area (TPSA) is 66.8 Å². The van der Waals surface area contributed by atoms with Gasteiger partial charge in [0.05, 0.1) is 11.6 Å². The maximum absolute atomic E-state index is 13.3.